The van der Waals surface area contributed by atoms with E-state index in [-0.39, 0.29) is 17.7 Å². The number of aromatic nitrogens is 3. The summed E-state index contributed by atoms with van der Waals surface area (Å²) in [7, 11) is 1.57. The molecule has 2 aliphatic rings. The van der Waals surface area contributed by atoms with Crippen LogP contribution in [0.1, 0.15) is 44.7 Å². The number of nitrogens with zero attached hydrogens (tertiary/aromatic N) is 4. The minimum absolute atomic E-state index is 0.0807. The summed E-state index contributed by atoms with van der Waals surface area (Å²) in [4.78, 5) is 27.1. The number of piperidine rings is 1. The number of hydrogen-bond donors (Lipinski definition) is 1. The smallest absolute Gasteiger partial charge is 0.279 e. The molecular formula is C36H36FN5O4S. The number of carbonyl (C=O) groups is 1. The maximum absolute atomic E-state index is 15.4. The Morgan fingerprint density at radius 3 is 2.79 bits per heavy atom. The van der Waals surface area contributed by atoms with Crippen molar-refractivity contribution in [3.63, 3.8) is 0 Å². The van der Waals surface area contributed by atoms with Crippen LogP contribution in [-0.2, 0) is 4.79 Å². The lowest BCUT2D eigenvalue weighted by molar-refractivity contribution is -0.127. The summed E-state index contributed by atoms with van der Waals surface area (Å²) in [6.07, 6.45) is 15.6. The zero-order valence-electron chi connectivity index (χ0n) is 26.4. The van der Waals surface area contributed by atoms with E-state index in [1.807, 2.05) is 5.38 Å². The molecule has 6 rings (SSSR count). The van der Waals surface area contributed by atoms with Gasteiger partial charge in [-0.15, -0.1) is 0 Å². The largest absolute Gasteiger partial charge is 0.493 e. The van der Waals surface area contributed by atoms with E-state index < -0.39 is 5.82 Å². The summed E-state index contributed by atoms with van der Waals surface area (Å²) in [5, 5.41) is 6.11. The van der Waals surface area contributed by atoms with Crippen LogP contribution >= 0.6 is 11.3 Å². The molecular weight excluding hydrogens is 617 g/mol. The Hall–Kier alpha value is -5.03. The van der Waals surface area contributed by atoms with Crippen LogP contribution in [0, 0.1) is 5.82 Å². The maximum atomic E-state index is 15.4. The van der Waals surface area contributed by atoms with E-state index in [1.165, 1.54) is 35.4 Å². The fourth-order valence-corrected chi connectivity index (χ4v) is 6.23. The number of rotatable bonds is 10. The van der Waals surface area contributed by atoms with Crippen LogP contribution in [0.2, 0.25) is 0 Å². The third-order valence-corrected chi connectivity index (χ3v) is 8.92. The van der Waals surface area contributed by atoms with Gasteiger partial charge in [0, 0.05) is 54.4 Å². The Morgan fingerprint density at radius 2 is 2.02 bits per heavy atom. The van der Waals surface area contributed by atoms with Crippen molar-refractivity contribution in [3.8, 4) is 22.4 Å². The van der Waals surface area contributed by atoms with Crippen LogP contribution in [0.3, 0.4) is 0 Å². The van der Waals surface area contributed by atoms with Crippen molar-refractivity contribution in [2.75, 3.05) is 25.5 Å². The lowest BCUT2D eigenvalue weighted by Crippen LogP contribution is -2.41. The average Bonchev–Trinajstić information content (AvgIpc) is 3.54. The quantitative estimate of drug-likeness (QED) is 0.171. The van der Waals surface area contributed by atoms with Crippen molar-refractivity contribution in [2.24, 2.45) is 0 Å². The van der Waals surface area contributed by atoms with Gasteiger partial charge in [0.15, 0.2) is 11.5 Å². The molecule has 242 valence electrons. The first kappa shape index (κ1) is 31.9. The standard InChI is InChI=1S/C36H36FN5O4S/c1-4-23-8-6-7-9-24(11-10-23)31-21-47-36(41-31)46-26-12-13-29(28(37)18-26)40-35-27-19-33(32(44-3)20-30(27)38-22-39-35)45-25-14-16-42(17-15-25)34(43)5-2/h5,7,9-13,18-22,25H,2,4,6,8,14-17H2,1,3H3,(H,38,39,40)/b9-7-,23-10-,24-11+. The summed E-state index contributed by atoms with van der Waals surface area (Å²) in [5.74, 6) is 1.19. The molecule has 0 saturated carbocycles. The van der Waals surface area contributed by atoms with Crippen molar-refractivity contribution >= 4 is 45.2 Å². The number of likely N-dealkylation sites (tertiary alicyclic amines) is 1. The summed E-state index contributed by atoms with van der Waals surface area (Å²) in [6.45, 7) is 6.90. The number of carbonyl (C=O) groups excluding carboxylic acids is 1. The molecule has 1 aliphatic carbocycles. The van der Waals surface area contributed by atoms with Crippen molar-refractivity contribution in [3.05, 3.63) is 96.1 Å². The number of thiazole rings is 1. The fraction of sp³-hybridized carbons (Fsp3) is 0.278. The molecule has 11 heteroatoms. The Balaban J connectivity index is 1.17. The second-order valence-electron chi connectivity index (χ2n) is 11.2. The van der Waals surface area contributed by atoms with E-state index in [2.05, 4.69) is 58.1 Å². The number of amides is 1. The SMILES string of the molecule is C=CC(=O)N1CCC(Oc2cc3c(Nc4ccc(Oc5nc(C6=C/C=C(/CC)CC/C=C\6)cs5)cc4F)ncnc3cc2OC)CC1. The van der Waals surface area contributed by atoms with Gasteiger partial charge in [-0.1, -0.05) is 54.7 Å². The second kappa shape index (κ2) is 14.6. The molecule has 1 saturated heterocycles. The van der Waals surface area contributed by atoms with Crippen LogP contribution in [0.15, 0.2) is 84.6 Å². The monoisotopic (exact) mass is 653 g/mol. The predicted molar refractivity (Wildman–Crippen MR) is 183 cm³/mol. The van der Waals surface area contributed by atoms with Crippen molar-refractivity contribution in [1.82, 2.24) is 19.9 Å². The predicted octanol–water partition coefficient (Wildman–Crippen LogP) is 8.40. The lowest BCUT2D eigenvalue weighted by Gasteiger charge is -2.31. The Bertz CT molecular complexity index is 1880. The molecule has 2 aromatic heterocycles. The zero-order valence-corrected chi connectivity index (χ0v) is 27.2. The molecule has 0 unspecified atom stereocenters. The van der Waals surface area contributed by atoms with E-state index in [0.29, 0.717) is 65.1 Å². The highest BCUT2D eigenvalue weighted by atomic mass is 32.1. The zero-order chi connectivity index (χ0) is 32.8. The minimum atomic E-state index is -0.514. The molecule has 0 spiro atoms. The van der Waals surface area contributed by atoms with E-state index in [1.54, 1.807) is 36.3 Å². The van der Waals surface area contributed by atoms with Crippen LogP contribution in [0.25, 0.3) is 16.5 Å². The molecule has 0 atom stereocenters. The normalized spacial score (nSPS) is 18.2. The van der Waals surface area contributed by atoms with Gasteiger partial charge in [0.1, 0.15) is 29.8 Å². The highest BCUT2D eigenvalue weighted by Crippen LogP contribution is 2.37. The molecule has 0 bridgehead atoms. The highest BCUT2D eigenvalue weighted by Gasteiger charge is 2.24. The molecule has 3 heterocycles. The van der Waals surface area contributed by atoms with E-state index in [4.69, 9.17) is 14.2 Å². The fourth-order valence-electron chi connectivity index (χ4n) is 5.53. The van der Waals surface area contributed by atoms with Gasteiger partial charge in [0.05, 0.1) is 24.0 Å². The lowest BCUT2D eigenvalue weighted by atomic mass is 10.0. The van der Waals surface area contributed by atoms with Gasteiger partial charge in [-0.05, 0) is 43.5 Å². The van der Waals surface area contributed by atoms with Crippen LogP contribution in [0.5, 0.6) is 22.4 Å². The Morgan fingerprint density at radius 1 is 1.17 bits per heavy atom. The Kier molecular flexibility index (Phi) is 9.92. The minimum Gasteiger partial charge on any atom is -0.493 e. The third-order valence-electron chi connectivity index (χ3n) is 8.20. The van der Waals surface area contributed by atoms with Gasteiger partial charge < -0.3 is 24.4 Å². The number of anilines is 2. The topological polar surface area (TPSA) is 98.7 Å². The van der Waals surface area contributed by atoms with E-state index >= 15 is 4.39 Å². The summed E-state index contributed by atoms with van der Waals surface area (Å²) < 4.78 is 33.3. The number of hydrogen-bond acceptors (Lipinski definition) is 9. The van der Waals surface area contributed by atoms with Crippen LogP contribution in [-0.4, -0.2) is 52.1 Å². The van der Waals surface area contributed by atoms with E-state index in [0.717, 1.165) is 30.5 Å². The third kappa shape index (κ3) is 7.52. The number of nitrogens with one attached hydrogen (secondary N) is 1. The van der Waals surface area contributed by atoms with Gasteiger partial charge in [0.25, 0.3) is 5.19 Å². The Labute approximate surface area is 277 Å². The number of fused-ring (bicyclic) bond motifs is 1. The molecule has 9 nitrogen and oxygen atoms in total. The maximum Gasteiger partial charge on any atom is 0.279 e. The summed E-state index contributed by atoms with van der Waals surface area (Å²) in [5.41, 5.74) is 4.06. The molecule has 1 amide bonds. The van der Waals surface area contributed by atoms with Crippen molar-refractivity contribution in [1.29, 1.82) is 0 Å². The number of ether oxygens (including phenoxy) is 3. The molecule has 2 aromatic carbocycles. The van der Waals surface area contributed by atoms with E-state index in [9.17, 15) is 4.79 Å². The molecule has 1 N–H and O–H groups in total. The molecule has 1 aliphatic heterocycles. The van der Waals surface area contributed by atoms with Gasteiger partial charge in [0.2, 0.25) is 5.91 Å². The molecule has 4 aromatic rings. The first-order valence-electron chi connectivity index (χ1n) is 15.6. The number of benzene rings is 2. The highest BCUT2D eigenvalue weighted by molar-refractivity contribution is 7.11. The van der Waals surface area contributed by atoms with Gasteiger partial charge in [-0.2, -0.15) is 0 Å². The van der Waals surface area contributed by atoms with Gasteiger partial charge >= 0.3 is 0 Å². The van der Waals surface area contributed by atoms with Gasteiger partial charge in [-0.3, -0.25) is 4.79 Å². The first-order valence-corrected chi connectivity index (χ1v) is 16.5. The first-order chi connectivity index (χ1) is 22.9. The second-order valence-corrected chi connectivity index (χ2v) is 12.0. The number of methoxy groups -OCH3 is 1. The molecule has 1 fully saturated rings. The summed E-state index contributed by atoms with van der Waals surface area (Å²) >= 11 is 1.36. The van der Waals surface area contributed by atoms with Gasteiger partial charge in [-0.25, -0.2) is 19.3 Å². The number of allylic oxidation sites excluding steroid dienone is 6. The number of halogens is 1. The average molecular weight is 654 g/mol. The molecule has 47 heavy (non-hydrogen) atoms. The van der Waals surface area contributed by atoms with Crippen LogP contribution < -0.4 is 19.5 Å². The van der Waals surface area contributed by atoms with Crippen molar-refractivity contribution in [2.45, 2.75) is 45.1 Å². The molecule has 0 radical (unpaired) electrons. The summed E-state index contributed by atoms with van der Waals surface area (Å²) in [6, 6.07) is 8.17. The van der Waals surface area contributed by atoms with Crippen LogP contribution in [0.4, 0.5) is 15.9 Å². The van der Waals surface area contributed by atoms with Crippen molar-refractivity contribution < 1.29 is 23.4 Å².